The second-order valence-electron chi connectivity index (χ2n) is 4.64. The highest BCUT2D eigenvalue weighted by Crippen LogP contribution is 2.17. The average Bonchev–Trinajstić information content (AvgIpc) is 2.45. The van der Waals surface area contributed by atoms with Crippen LogP contribution in [0.2, 0.25) is 5.02 Å². The summed E-state index contributed by atoms with van der Waals surface area (Å²) in [5.74, 6) is -0.782. The maximum atomic E-state index is 12.3. The van der Waals surface area contributed by atoms with Gasteiger partial charge in [-0.2, -0.15) is 0 Å². The van der Waals surface area contributed by atoms with Crippen molar-refractivity contribution in [1.82, 2.24) is 0 Å². The lowest BCUT2D eigenvalue weighted by Gasteiger charge is -2.15. The van der Waals surface area contributed by atoms with Crippen LogP contribution in [-0.2, 0) is 11.2 Å². The lowest BCUT2D eigenvalue weighted by molar-refractivity contribution is -0.118. The number of hydrogen-bond donors (Lipinski definition) is 2. The number of carbonyl (C=O) groups excluding carboxylic acids is 1. The third kappa shape index (κ3) is 4.55. The van der Waals surface area contributed by atoms with Crippen LogP contribution in [0.3, 0.4) is 0 Å². The van der Waals surface area contributed by atoms with Crippen molar-refractivity contribution in [2.45, 2.75) is 6.42 Å². The predicted molar refractivity (Wildman–Crippen MR) is 90.5 cm³/mol. The van der Waals surface area contributed by atoms with Gasteiger partial charge in [0.2, 0.25) is 5.91 Å². The number of benzene rings is 2. The van der Waals surface area contributed by atoms with Gasteiger partial charge in [-0.05, 0) is 30.2 Å². The number of thiocarbonyl (C=S) groups is 1. The van der Waals surface area contributed by atoms with Gasteiger partial charge in [0, 0.05) is 10.7 Å². The second-order valence-corrected chi connectivity index (χ2v) is 5.55. The molecule has 2 aromatic carbocycles. The van der Waals surface area contributed by atoms with Gasteiger partial charge in [-0.15, -0.1) is 0 Å². The maximum absolute atomic E-state index is 12.3. The van der Waals surface area contributed by atoms with Gasteiger partial charge in [-0.3, -0.25) is 4.79 Å². The van der Waals surface area contributed by atoms with Gasteiger partial charge >= 0.3 is 0 Å². The highest BCUT2D eigenvalue weighted by molar-refractivity contribution is 7.80. The van der Waals surface area contributed by atoms with E-state index in [0.29, 0.717) is 17.1 Å². The minimum atomic E-state index is -0.554. The molecule has 0 spiro atoms. The van der Waals surface area contributed by atoms with E-state index in [-0.39, 0.29) is 10.9 Å². The Bertz CT molecular complexity index is 646. The Morgan fingerprint density at radius 2 is 1.90 bits per heavy atom. The SMILES string of the molecule is NC(=S)C(Cc1ccccc1)C(=O)Nc1cccc(Cl)c1. The molecule has 0 bridgehead atoms. The molecule has 2 rings (SSSR count). The first-order chi connectivity index (χ1) is 10.1. The van der Waals surface area contributed by atoms with Gasteiger partial charge in [0.15, 0.2) is 0 Å². The van der Waals surface area contributed by atoms with Gasteiger partial charge in [0.1, 0.15) is 0 Å². The molecule has 3 N–H and O–H groups in total. The van der Waals surface area contributed by atoms with Gasteiger partial charge in [-0.25, -0.2) is 0 Å². The van der Waals surface area contributed by atoms with Crippen molar-refractivity contribution < 1.29 is 4.79 Å². The van der Waals surface area contributed by atoms with Crippen LogP contribution in [0.5, 0.6) is 0 Å². The maximum Gasteiger partial charge on any atom is 0.234 e. The van der Waals surface area contributed by atoms with Crippen molar-refractivity contribution in [2.75, 3.05) is 5.32 Å². The zero-order chi connectivity index (χ0) is 15.2. The first-order valence-electron chi connectivity index (χ1n) is 6.46. The first-order valence-corrected chi connectivity index (χ1v) is 7.24. The van der Waals surface area contributed by atoms with E-state index in [1.807, 2.05) is 30.3 Å². The molecule has 1 amide bonds. The Morgan fingerprint density at radius 3 is 2.52 bits per heavy atom. The lowest BCUT2D eigenvalue weighted by atomic mass is 9.98. The summed E-state index contributed by atoms with van der Waals surface area (Å²) in [6, 6.07) is 16.6. The fourth-order valence-electron chi connectivity index (χ4n) is 1.97. The summed E-state index contributed by atoms with van der Waals surface area (Å²) in [4.78, 5) is 12.5. The number of amides is 1. The molecule has 0 saturated heterocycles. The van der Waals surface area contributed by atoms with Crippen molar-refractivity contribution in [2.24, 2.45) is 11.7 Å². The molecule has 0 aliphatic carbocycles. The number of hydrogen-bond acceptors (Lipinski definition) is 2. The molecule has 1 unspecified atom stereocenters. The van der Waals surface area contributed by atoms with E-state index in [2.05, 4.69) is 5.32 Å². The van der Waals surface area contributed by atoms with Crippen molar-refractivity contribution in [3.05, 3.63) is 65.2 Å². The van der Waals surface area contributed by atoms with Crippen LogP contribution in [0, 0.1) is 5.92 Å². The van der Waals surface area contributed by atoms with Gasteiger partial charge in [-0.1, -0.05) is 60.2 Å². The normalized spacial score (nSPS) is 11.7. The van der Waals surface area contributed by atoms with Crippen LogP contribution < -0.4 is 11.1 Å². The Kier molecular flexibility index (Phi) is 5.31. The van der Waals surface area contributed by atoms with Crippen LogP contribution in [0.4, 0.5) is 5.69 Å². The number of nitrogens with one attached hydrogen (secondary N) is 1. The smallest absolute Gasteiger partial charge is 0.234 e. The van der Waals surface area contributed by atoms with E-state index in [9.17, 15) is 4.79 Å². The van der Waals surface area contributed by atoms with Crippen molar-refractivity contribution in [3.63, 3.8) is 0 Å². The Morgan fingerprint density at radius 1 is 1.19 bits per heavy atom. The Hall–Kier alpha value is -1.91. The summed E-state index contributed by atoms with van der Waals surface area (Å²) in [5.41, 5.74) is 7.35. The van der Waals surface area contributed by atoms with E-state index in [1.165, 1.54) is 0 Å². The summed E-state index contributed by atoms with van der Waals surface area (Å²) in [5, 5.41) is 3.35. The first kappa shape index (κ1) is 15.5. The van der Waals surface area contributed by atoms with Gasteiger partial charge < -0.3 is 11.1 Å². The van der Waals surface area contributed by atoms with E-state index in [0.717, 1.165) is 5.56 Å². The third-order valence-corrected chi connectivity index (χ3v) is 3.55. The largest absolute Gasteiger partial charge is 0.393 e. The average molecular weight is 319 g/mol. The molecule has 0 fully saturated rings. The molecule has 0 heterocycles. The summed E-state index contributed by atoms with van der Waals surface area (Å²) in [6.45, 7) is 0. The molecule has 2 aromatic rings. The molecule has 21 heavy (non-hydrogen) atoms. The molecule has 1 atom stereocenters. The minimum Gasteiger partial charge on any atom is -0.393 e. The standard InChI is InChI=1S/C16H15ClN2OS/c17-12-7-4-8-13(10-12)19-16(20)14(15(18)21)9-11-5-2-1-3-6-11/h1-8,10,14H,9H2,(H2,18,21)(H,19,20). The predicted octanol–water partition coefficient (Wildman–Crippen LogP) is 3.42. The quantitative estimate of drug-likeness (QED) is 0.830. The van der Waals surface area contributed by atoms with E-state index in [1.54, 1.807) is 24.3 Å². The van der Waals surface area contributed by atoms with E-state index >= 15 is 0 Å². The molecule has 108 valence electrons. The summed E-state index contributed by atoms with van der Waals surface area (Å²) >= 11 is 10.9. The Labute approximate surface area is 134 Å². The van der Waals surface area contributed by atoms with E-state index < -0.39 is 5.92 Å². The third-order valence-electron chi connectivity index (χ3n) is 3.03. The molecule has 0 radical (unpaired) electrons. The van der Waals surface area contributed by atoms with Crippen molar-refractivity contribution >= 4 is 40.4 Å². The summed E-state index contributed by atoms with van der Waals surface area (Å²) in [6.07, 6.45) is 0.475. The highest BCUT2D eigenvalue weighted by atomic mass is 35.5. The van der Waals surface area contributed by atoms with Gasteiger partial charge in [0.25, 0.3) is 0 Å². The fourth-order valence-corrected chi connectivity index (χ4v) is 2.35. The Balaban J connectivity index is 2.11. The van der Waals surface area contributed by atoms with Gasteiger partial charge in [0.05, 0.1) is 10.9 Å². The number of anilines is 1. The van der Waals surface area contributed by atoms with Crippen LogP contribution in [-0.4, -0.2) is 10.9 Å². The molecule has 0 aliphatic heterocycles. The fraction of sp³-hybridized carbons (Fsp3) is 0.125. The molecule has 0 aliphatic rings. The molecular formula is C16H15ClN2OS. The minimum absolute atomic E-state index is 0.179. The monoisotopic (exact) mass is 318 g/mol. The number of halogens is 1. The van der Waals surface area contributed by atoms with E-state index in [4.69, 9.17) is 29.6 Å². The lowest BCUT2D eigenvalue weighted by Crippen LogP contribution is -2.34. The zero-order valence-corrected chi connectivity index (χ0v) is 12.8. The van der Waals surface area contributed by atoms with Crippen LogP contribution in [0.15, 0.2) is 54.6 Å². The zero-order valence-electron chi connectivity index (χ0n) is 11.3. The number of nitrogens with two attached hydrogens (primary N) is 1. The molecule has 5 heteroatoms. The topological polar surface area (TPSA) is 55.1 Å². The second kappa shape index (κ2) is 7.20. The molecular weight excluding hydrogens is 304 g/mol. The van der Waals surface area contributed by atoms with Crippen LogP contribution >= 0.6 is 23.8 Å². The number of rotatable bonds is 5. The molecule has 0 aromatic heterocycles. The molecule has 3 nitrogen and oxygen atoms in total. The van der Waals surface area contributed by atoms with Crippen molar-refractivity contribution in [1.29, 1.82) is 0 Å². The van der Waals surface area contributed by atoms with Crippen LogP contribution in [0.1, 0.15) is 5.56 Å². The van der Waals surface area contributed by atoms with Crippen molar-refractivity contribution in [3.8, 4) is 0 Å². The summed E-state index contributed by atoms with van der Waals surface area (Å²) in [7, 11) is 0. The molecule has 0 saturated carbocycles. The highest BCUT2D eigenvalue weighted by Gasteiger charge is 2.22. The summed E-state index contributed by atoms with van der Waals surface area (Å²) < 4.78 is 0. The van der Waals surface area contributed by atoms with Crippen LogP contribution in [0.25, 0.3) is 0 Å². The number of carbonyl (C=O) groups is 1.